The van der Waals surface area contributed by atoms with E-state index >= 15 is 0 Å². The van der Waals surface area contributed by atoms with Crippen LogP contribution in [-0.2, 0) is 17.8 Å². The van der Waals surface area contributed by atoms with E-state index in [1.807, 2.05) is 30.3 Å². The number of aliphatic carboxylic acids is 1. The zero-order valence-corrected chi connectivity index (χ0v) is 9.71. The molecule has 0 bridgehead atoms. The zero-order valence-electron chi connectivity index (χ0n) is 9.71. The number of hydrogen-bond acceptors (Lipinski definition) is 2. The van der Waals surface area contributed by atoms with E-state index in [0.29, 0.717) is 12.1 Å². The maximum atomic E-state index is 13.9. The van der Waals surface area contributed by atoms with Crippen LogP contribution in [0.5, 0.6) is 0 Å². The maximum absolute atomic E-state index is 13.9. The van der Waals surface area contributed by atoms with Crippen LogP contribution in [0.25, 0.3) is 0 Å². The van der Waals surface area contributed by atoms with E-state index in [9.17, 15) is 9.18 Å². The molecule has 0 fully saturated rings. The first-order valence-corrected chi connectivity index (χ1v) is 5.62. The van der Waals surface area contributed by atoms with Crippen LogP contribution >= 0.6 is 0 Å². The predicted octanol–water partition coefficient (Wildman–Crippen LogP) is 2.09. The smallest absolute Gasteiger partial charge is 0.303 e. The molecule has 0 aliphatic heterocycles. The number of benzene rings is 1. The Bertz CT molecular complexity index is 537. The molecule has 2 rings (SSSR count). The lowest BCUT2D eigenvalue weighted by Crippen LogP contribution is -2.05. The molecule has 5 heteroatoms. The van der Waals surface area contributed by atoms with Crippen LogP contribution in [0.4, 0.5) is 4.39 Å². The molecule has 0 saturated carbocycles. The molecule has 0 amide bonds. The summed E-state index contributed by atoms with van der Waals surface area (Å²) in [5.41, 5.74) is 1.29. The van der Waals surface area contributed by atoms with Gasteiger partial charge in [0.1, 0.15) is 0 Å². The topological polar surface area (TPSA) is 55.1 Å². The monoisotopic (exact) mass is 248 g/mol. The molecule has 0 spiro atoms. The number of hydrogen-bond donors (Lipinski definition) is 1. The van der Waals surface area contributed by atoms with Gasteiger partial charge in [0.05, 0.1) is 12.7 Å². The van der Waals surface area contributed by atoms with Crippen molar-refractivity contribution in [1.29, 1.82) is 0 Å². The van der Waals surface area contributed by atoms with Gasteiger partial charge in [0, 0.05) is 12.0 Å². The highest BCUT2D eigenvalue weighted by atomic mass is 19.1. The number of carboxylic acid groups (broad SMARTS) is 1. The number of carbonyl (C=O) groups is 1. The Kier molecular flexibility index (Phi) is 3.72. The van der Waals surface area contributed by atoms with Gasteiger partial charge < -0.3 is 5.11 Å². The molecule has 1 N–H and O–H groups in total. The van der Waals surface area contributed by atoms with Crippen LogP contribution in [-0.4, -0.2) is 20.9 Å². The van der Waals surface area contributed by atoms with E-state index in [1.54, 1.807) is 0 Å². The summed E-state index contributed by atoms with van der Waals surface area (Å²) < 4.78 is 15.1. The summed E-state index contributed by atoms with van der Waals surface area (Å²) in [5, 5.41) is 12.5. The molecule has 2 aromatic rings. The Morgan fingerprint density at radius 1 is 1.33 bits per heavy atom. The van der Waals surface area contributed by atoms with Crippen molar-refractivity contribution >= 4 is 5.97 Å². The van der Waals surface area contributed by atoms with Crippen molar-refractivity contribution < 1.29 is 14.3 Å². The average Bonchev–Trinajstić information content (AvgIpc) is 2.70. The van der Waals surface area contributed by atoms with E-state index in [4.69, 9.17) is 5.11 Å². The normalized spacial score (nSPS) is 10.5. The minimum Gasteiger partial charge on any atom is -0.481 e. The molecule has 0 unspecified atom stereocenters. The van der Waals surface area contributed by atoms with Crippen LogP contribution in [0.2, 0.25) is 0 Å². The number of rotatable bonds is 5. The fourth-order valence-electron chi connectivity index (χ4n) is 1.68. The highest BCUT2D eigenvalue weighted by molar-refractivity contribution is 5.67. The van der Waals surface area contributed by atoms with Gasteiger partial charge in [0.2, 0.25) is 5.95 Å². The van der Waals surface area contributed by atoms with Crippen LogP contribution in [0.3, 0.4) is 0 Å². The van der Waals surface area contributed by atoms with Crippen molar-refractivity contribution in [3.63, 3.8) is 0 Å². The molecule has 0 aliphatic carbocycles. The lowest BCUT2D eigenvalue weighted by atomic mass is 10.2. The first-order valence-electron chi connectivity index (χ1n) is 5.62. The Morgan fingerprint density at radius 2 is 2.06 bits per heavy atom. The summed E-state index contributed by atoms with van der Waals surface area (Å²) in [6.07, 6.45) is 1.46. The summed E-state index contributed by atoms with van der Waals surface area (Å²) in [6.45, 7) is 0.347. The predicted molar refractivity (Wildman–Crippen MR) is 63.7 cm³/mol. The highest BCUT2D eigenvalue weighted by Gasteiger charge is 2.11. The van der Waals surface area contributed by atoms with Gasteiger partial charge in [-0.3, -0.25) is 4.79 Å². The van der Waals surface area contributed by atoms with Gasteiger partial charge in [-0.25, -0.2) is 4.68 Å². The van der Waals surface area contributed by atoms with Crippen LogP contribution < -0.4 is 0 Å². The SMILES string of the molecule is O=C(O)CCc1cnn(Cc2ccccc2)c1F. The van der Waals surface area contributed by atoms with Crippen molar-refractivity contribution in [3.8, 4) is 0 Å². The molecular formula is C13H13FN2O2. The first-order chi connectivity index (χ1) is 8.66. The largest absolute Gasteiger partial charge is 0.481 e. The molecule has 18 heavy (non-hydrogen) atoms. The molecule has 0 radical (unpaired) electrons. The third kappa shape index (κ3) is 2.94. The summed E-state index contributed by atoms with van der Waals surface area (Å²) in [5.74, 6) is -1.40. The van der Waals surface area contributed by atoms with Crippen LogP contribution in [0.1, 0.15) is 17.5 Å². The van der Waals surface area contributed by atoms with Crippen molar-refractivity contribution in [2.75, 3.05) is 0 Å². The van der Waals surface area contributed by atoms with Crippen molar-refractivity contribution in [2.45, 2.75) is 19.4 Å². The third-order valence-corrected chi connectivity index (χ3v) is 2.63. The van der Waals surface area contributed by atoms with Gasteiger partial charge in [-0.05, 0) is 12.0 Å². The first kappa shape index (κ1) is 12.3. The van der Waals surface area contributed by atoms with Gasteiger partial charge in [-0.2, -0.15) is 9.49 Å². The summed E-state index contributed by atoms with van der Waals surface area (Å²) in [7, 11) is 0. The minimum atomic E-state index is -0.940. The lowest BCUT2D eigenvalue weighted by Gasteiger charge is -2.02. The summed E-state index contributed by atoms with van der Waals surface area (Å²) >= 11 is 0. The molecule has 4 nitrogen and oxygen atoms in total. The van der Waals surface area contributed by atoms with Crippen LogP contribution in [0, 0.1) is 5.95 Å². The standard InChI is InChI=1S/C13H13FN2O2/c14-13-11(6-7-12(17)18)8-15-16(13)9-10-4-2-1-3-5-10/h1-5,8H,6-7,9H2,(H,17,18). The second kappa shape index (κ2) is 5.44. The van der Waals surface area contributed by atoms with Gasteiger partial charge in [0.15, 0.2) is 0 Å². The van der Waals surface area contributed by atoms with Crippen LogP contribution in [0.15, 0.2) is 36.5 Å². The Balaban J connectivity index is 2.08. The average molecular weight is 248 g/mol. The van der Waals surface area contributed by atoms with Crippen molar-refractivity contribution in [2.24, 2.45) is 0 Å². The zero-order chi connectivity index (χ0) is 13.0. The fourth-order valence-corrected chi connectivity index (χ4v) is 1.68. The molecule has 1 aromatic carbocycles. The lowest BCUT2D eigenvalue weighted by molar-refractivity contribution is -0.136. The van der Waals surface area contributed by atoms with Crippen molar-refractivity contribution in [3.05, 3.63) is 53.6 Å². The number of halogens is 1. The Morgan fingerprint density at radius 3 is 2.72 bits per heavy atom. The molecule has 0 aliphatic rings. The van der Waals surface area contributed by atoms with E-state index in [1.165, 1.54) is 10.9 Å². The van der Waals surface area contributed by atoms with E-state index in [-0.39, 0.29) is 12.8 Å². The summed E-state index contributed by atoms with van der Waals surface area (Å²) in [4.78, 5) is 10.4. The van der Waals surface area contributed by atoms with Crippen molar-refractivity contribution in [1.82, 2.24) is 9.78 Å². The maximum Gasteiger partial charge on any atom is 0.303 e. The second-order valence-electron chi connectivity index (χ2n) is 4.00. The van der Waals surface area contributed by atoms with Gasteiger partial charge in [-0.15, -0.1) is 0 Å². The molecule has 0 atom stereocenters. The van der Waals surface area contributed by atoms with E-state index in [0.717, 1.165) is 5.56 Å². The van der Waals surface area contributed by atoms with Gasteiger partial charge in [-0.1, -0.05) is 30.3 Å². The highest BCUT2D eigenvalue weighted by Crippen LogP contribution is 2.11. The number of aromatic nitrogens is 2. The second-order valence-corrected chi connectivity index (χ2v) is 4.00. The molecule has 0 saturated heterocycles. The molecular weight excluding hydrogens is 235 g/mol. The van der Waals surface area contributed by atoms with E-state index < -0.39 is 11.9 Å². The number of nitrogens with zero attached hydrogens (tertiary/aromatic N) is 2. The Labute approximate surface area is 104 Å². The summed E-state index contributed by atoms with van der Waals surface area (Å²) in [6, 6.07) is 9.42. The Hall–Kier alpha value is -2.17. The number of aryl methyl sites for hydroxylation is 1. The quantitative estimate of drug-likeness (QED) is 0.881. The third-order valence-electron chi connectivity index (χ3n) is 2.63. The molecule has 1 aromatic heterocycles. The fraction of sp³-hybridized carbons (Fsp3) is 0.231. The molecule has 94 valence electrons. The minimum absolute atomic E-state index is 0.0893. The van der Waals surface area contributed by atoms with Gasteiger partial charge in [0.25, 0.3) is 0 Å². The van der Waals surface area contributed by atoms with E-state index in [2.05, 4.69) is 5.10 Å². The molecule has 1 heterocycles. The van der Waals surface area contributed by atoms with Gasteiger partial charge >= 0.3 is 5.97 Å². The number of carboxylic acids is 1.